The fraction of sp³-hybridized carbons (Fsp3) is 0.474. The summed E-state index contributed by atoms with van der Waals surface area (Å²) in [6.45, 7) is 8.47. The molecule has 1 aromatic carbocycles. The molecule has 1 aromatic heterocycles. The summed E-state index contributed by atoms with van der Waals surface area (Å²) in [5.74, 6) is 0. The summed E-state index contributed by atoms with van der Waals surface area (Å²) in [7, 11) is 0. The first kappa shape index (κ1) is 14.4. The van der Waals surface area contributed by atoms with Crippen LogP contribution < -0.4 is 0 Å². The highest BCUT2D eigenvalue weighted by Gasteiger charge is 2.21. The van der Waals surface area contributed by atoms with E-state index in [0.717, 1.165) is 32.4 Å². The zero-order valence-electron chi connectivity index (χ0n) is 13.4. The molecule has 0 N–H and O–H groups in total. The van der Waals surface area contributed by atoms with Crippen LogP contribution in [0.5, 0.6) is 0 Å². The third kappa shape index (κ3) is 2.53. The van der Waals surface area contributed by atoms with Crippen LogP contribution in [0.2, 0.25) is 0 Å². The van der Waals surface area contributed by atoms with E-state index in [9.17, 15) is 0 Å². The van der Waals surface area contributed by atoms with E-state index in [4.69, 9.17) is 4.74 Å². The van der Waals surface area contributed by atoms with Gasteiger partial charge in [0.2, 0.25) is 0 Å². The molecule has 1 aliphatic rings. The molecular formula is C19H25NO. The largest absolute Gasteiger partial charge is 0.374 e. The monoisotopic (exact) mass is 283 g/mol. The average molecular weight is 283 g/mol. The zero-order chi connectivity index (χ0) is 14.8. The molecule has 0 bridgehead atoms. The van der Waals surface area contributed by atoms with E-state index >= 15 is 0 Å². The van der Waals surface area contributed by atoms with E-state index < -0.39 is 0 Å². The van der Waals surface area contributed by atoms with Crippen molar-refractivity contribution in [2.24, 2.45) is 0 Å². The molecule has 0 spiro atoms. The minimum atomic E-state index is 0.238. The van der Waals surface area contributed by atoms with Crippen molar-refractivity contribution in [1.82, 2.24) is 4.57 Å². The normalized spacial score (nSPS) is 15.9. The predicted molar refractivity (Wildman–Crippen MR) is 89.6 cm³/mol. The van der Waals surface area contributed by atoms with Crippen molar-refractivity contribution in [3.05, 3.63) is 41.1 Å². The minimum Gasteiger partial charge on any atom is -0.374 e. The summed E-state index contributed by atoms with van der Waals surface area (Å²) < 4.78 is 8.38. The number of hydrogen-bond donors (Lipinski definition) is 0. The lowest BCUT2D eigenvalue weighted by molar-refractivity contribution is 0.0886. The van der Waals surface area contributed by atoms with Crippen molar-refractivity contribution in [3.63, 3.8) is 0 Å². The topological polar surface area (TPSA) is 14.2 Å². The van der Waals surface area contributed by atoms with Crippen LogP contribution >= 0.6 is 0 Å². The summed E-state index contributed by atoms with van der Waals surface area (Å²) >= 11 is 0. The van der Waals surface area contributed by atoms with Gasteiger partial charge in [-0.3, -0.25) is 0 Å². The lowest BCUT2D eigenvalue weighted by atomic mass is 9.93. The molecule has 21 heavy (non-hydrogen) atoms. The number of fused-ring (bicyclic) bond motifs is 3. The van der Waals surface area contributed by atoms with Crippen molar-refractivity contribution in [3.8, 4) is 0 Å². The van der Waals surface area contributed by atoms with E-state index in [0.29, 0.717) is 0 Å². The Morgan fingerprint density at radius 1 is 1.19 bits per heavy atom. The van der Waals surface area contributed by atoms with E-state index in [1.807, 2.05) is 0 Å². The maximum Gasteiger partial charge on any atom is 0.0760 e. The molecule has 3 rings (SSSR count). The van der Waals surface area contributed by atoms with Gasteiger partial charge in [0.15, 0.2) is 0 Å². The fourth-order valence-corrected chi connectivity index (χ4v) is 3.42. The Morgan fingerprint density at radius 3 is 2.76 bits per heavy atom. The Labute approximate surface area is 127 Å². The molecule has 112 valence electrons. The predicted octanol–water partition coefficient (Wildman–Crippen LogP) is 4.81. The summed E-state index contributed by atoms with van der Waals surface area (Å²) in [4.78, 5) is 0. The standard InChI is InChI=1S/C19H25NO/c1-4-12-21-14(3)15-10-11-19-17(13-15)16-8-6-7-9-18(16)20(19)5-2/h6-9,13-14H,4-5,10-12H2,1-3H3. The second kappa shape index (κ2) is 6.07. The molecule has 1 heterocycles. The van der Waals surface area contributed by atoms with Gasteiger partial charge in [0.25, 0.3) is 0 Å². The molecule has 2 nitrogen and oxygen atoms in total. The molecule has 0 saturated heterocycles. The quantitative estimate of drug-likeness (QED) is 0.768. The maximum absolute atomic E-state index is 5.92. The Morgan fingerprint density at radius 2 is 2.00 bits per heavy atom. The van der Waals surface area contributed by atoms with Crippen molar-refractivity contribution in [2.75, 3.05) is 6.61 Å². The molecule has 1 unspecified atom stereocenters. The van der Waals surface area contributed by atoms with Crippen LogP contribution in [0.15, 0.2) is 29.8 Å². The molecule has 1 atom stereocenters. The van der Waals surface area contributed by atoms with Crippen molar-refractivity contribution in [2.45, 2.75) is 52.7 Å². The molecular weight excluding hydrogens is 258 g/mol. The number of benzene rings is 1. The molecule has 0 radical (unpaired) electrons. The molecule has 0 aliphatic heterocycles. The number of rotatable bonds is 5. The molecule has 0 fully saturated rings. The minimum absolute atomic E-state index is 0.238. The van der Waals surface area contributed by atoms with Gasteiger partial charge in [-0.15, -0.1) is 0 Å². The van der Waals surface area contributed by atoms with Gasteiger partial charge in [0.05, 0.1) is 6.10 Å². The number of ether oxygens (including phenoxy) is 1. The summed E-state index contributed by atoms with van der Waals surface area (Å²) in [6.07, 6.45) is 5.95. The van der Waals surface area contributed by atoms with Gasteiger partial charge in [-0.2, -0.15) is 0 Å². The fourth-order valence-electron chi connectivity index (χ4n) is 3.42. The first-order valence-electron chi connectivity index (χ1n) is 8.18. The van der Waals surface area contributed by atoms with Gasteiger partial charge in [0, 0.05) is 35.3 Å². The van der Waals surface area contributed by atoms with E-state index in [1.165, 1.54) is 27.7 Å². The number of nitrogens with zero attached hydrogens (tertiary/aromatic N) is 1. The Hall–Kier alpha value is -1.54. The van der Waals surface area contributed by atoms with Crippen LogP contribution in [0.3, 0.4) is 0 Å². The SMILES string of the molecule is CCCOC(C)C1=Cc2c(n(CC)c3ccccc23)CC1. The third-order valence-electron chi connectivity index (χ3n) is 4.51. The lowest BCUT2D eigenvalue weighted by Crippen LogP contribution is -2.16. The summed E-state index contributed by atoms with van der Waals surface area (Å²) in [5, 5.41) is 1.38. The molecule has 1 aliphatic carbocycles. The second-order valence-electron chi connectivity index (χ2n) is 5.85. The van der Waals surface area contributed by atoms with Crippen LogP contribution in [0.4, 0.5) is 0 Å². The summed E-state index contributed by atoms with van der Waals surface area (Å²) in [6, 6.07) is 8.76. The van der Waals surface area contributed by atoms with Crippen LogP contribution in [-0.4, -0.2) is 17.3 Å². The highest BCUT2D eigenvalue weighted by molar-refractivity contribution is 5.92. The van der Waals surface area contributed by atoms with Gasteiger partial charge < -0.3 is 9.30 Å². The van der Waals surface area contributed by atoms with Gasteiger partial charge in [-0.1, -0.05) is 31.2 Å². The number of para-hydroxylation sites is 1. The lowest BCUT2D eigenvalue weighted by Gasteiger charge is -2.21. The molecule has 0 saturated carbocycles. The van der Waals surface area contributed by atoms with Gasteiger partial charge in [0.1, 0.15) is 0 Å². The van der Waals surface area contributed by atoms with Crippen LogP contribution in [0.1, 0.15) is 44.9 Å². The van der Waals surface area contributed by atoms with E-state index in [-0.39, 0.29) is 6.10 Å². The Balaban J connectivity index is 2.04. The first-order chi connectivity index (χ1) is 10.3. The molecule has 0 amide bonds. The molecule has 2 heteroatoms. The number of aryl methyl sites for hydroxylation is 1. The smallest absolute Gasteiger partial charge is 0.0760 e. The van der Waals surface area contributed by atoms with Crippen molar-refractivity contribution < 1.29 is 4.74 Å². The summed E-state index contributed by atoms with van der Waals surface area (Å²) in [5.41, 5.74) is 5.71. The Bertz CT molecular complexity index is 666. The highest BCUT2D eigenvalue weighted by atomic mass is 16.5. The van der Waals surface area contributed by atoms with Crippen LogP contribution in [-0.2, 0) is 17.7 Å². The van der Waals surface area contributed by atoms with Gasteiger partial charge >= 0.3 is 0 Å². The second-order valence-corrected chi connectivity index (χ2v) is 5.85. The maximum atomic E-state index is 5.92. The van der Waals surface area contributed by atoms with Gasteiger partial charge in [-0.05, 0) is 44.7 Å². The van der Waals surface area contributed by atoms with Crippen LogP contribution in [0, 0.1) is 0 Å². The first-order valence-corrected chi connectivity index (χ1v) is 8.18. The van der Waals surface area contributed by atoms with Crippen molar-refractivity contribution in [1.29, 1.82) is 0 Å². The highest BCUT2D eigenvalue weighted by Crippen LogP contribution is 2.34. The van der Waals surface area contributed by atoms with Crippen LogP contribution in [0.25, 0.3) is 17.0 Å². The number of aromatic nitrogens is 1. The van der Waals surface area contributed by atoms with Gasteiger partial charge in [-0.25, -0.2) is 0 Å². The third-order valence-corrected chi connectivity index (χ3v) is 4.51. The van der Waals surface area contributed by atoms with E-state index in [1.54, 1.807) is 0 Å². The average Bonchev–Trinajstić information content (AvgIpc) is 2.85. The zero-order valence-corrected chi connectivity index (χ0v) is 13.4. The van der Waals surface area contributed by atoms with Crippen molar-refractivity contribution >= 4 is 17.0 Å². The molecule has 2 aromatic rings. The number of hydrogen-bond acceptors (Lipinski definition) is 1. The van der Waals surface area contributed by atoms with E-state index in [2.05, 4.69) is 55.7 Å². The Kier molecular flexibility index (Phi) is 4.16.